The van der Waals surface area contributed by atoms with E-state index in [1.807, 2.05) is 18.2 Å². The molecule has 2 rings (SSSR count). The summed E-state index contributed by atoms with van der Waals surface area (Å²) in [4.78, 5) is 6.26. The normalized spacial score (nSPS) is 25.2. The molecule has 2 nitrogen and oxygen atoms in total. The fourth-order valence-electron chi connectivity index (χ4n) is 2.88. The Morgan fingerprint density at radius 1 is 1.37 bits per heavy atom. The molecular formula is C16H24ClNO. The van der Waals surface area contributed by atoms with Gasteiger partial charge in [-0.15, -0.1) is 11.6 Å². The van der Waals surface area contributed by atoms with Gasteiger partial charge in [0, 0.05) is 11.6 Å². The lowest BCUT2D eigenvalue weighted by molar-refractivity contribution is -0.275. The molecule has 0 spiro atoms. The van der Waals surface area contributed by atoms with Gasteiger partial charge in [-0.2, -0.15) is 5.06 Å². The lowest BCUT2D eigenvalue weighted by atomic mass is 9.89. The van der Waals surface area contributed by atoms with E-state index >= 15 is 0 Å². The van der Waals surface area contributed by atoms with Gasteiger partial charge in [0.15, 0.2) is 0 Å². The van der Waals surface area contributed by atoms with Crippen LogP contribution in [0.3, 0.4) is 0 Å². The first-order chi connectivity index (χ1) is 9.04. The van der Waals surface area contributed by atoms with Crippen molar-refractivity contribution in [3.8, 4) is 0 Å². The van der Waals surface area contributed by atoms with Gasteiger partial charge in [-0.05, 0) is 45.6 Å². The first-order valence-electron chi connectivity index (χ1n) is 7.11. The van der Waals surface area contributed by atoms with Gasteiger partial charge in [0.1, 0.15) is 6.10 Å². The summed E-state index contributed by atoms with van der Waals surface area (Å²) in [6, 6.07) is 10.7. The van der Waals surface area contributed by atoms with Crippen LogP contribution in [-0.4, -0.2) is 22.5 Å². The Kier molecular flexibility index (Phi) is 4.88. The van der Waals surface area contributed by atoms with Crippen LogP contribution in [-0.2, 0) is 4.84 Å². The molecule has 2 unspecified atom stereocenters. The lowest BCUT2D eigenvalue weighted by Crippen LogP contribution is -2.52. The predicted octanol–water partition coefficient (Wildman–Crippen LogP) is 4.55. The fourth-order valence-corrected chi connectivity index (χ4v) is 3.12. The van der Waals surface area contributed by atoms with Crippen molar-refractivity contribution in [2.24, 2.45) is 0 Å². The van der Waals surface area contributed by atoms with E-state index < -0.39 is 0 Å². The number of alkyl halides is 1. The second-order valence-corrected chi connectivity index (χ2v) is 6.35. The van der Waals surface area contributed by atoms with Gasteiger partial charge >= 0.3 is 0 Å². The Balaban J connectivity index is 2.13. The number of hydrogen-bond donors (Lipinski definition) is 0. The average Bonchev–Trinajstić information content (AvgIpc) is 2.39. The van der Waals surface area contributed by atoms with Gasteiger partial charge in [-0.3, -0.25) is 4.84 Å². The third-order valence-corrected chi connectivity index (χ3v) is 4.24. The van der Waals surface area contributed by atoms with Gasteiger partial charge in [0.2, 0.25) is 0 Å². The number of benzene rings is 1. The molecule has 0 bridgehead atoms. The maximum absolute atomic E-state index is 6.26. The molecule has 1 aromatic carbocycles. The number of nitrogens with zero attached hydrogens (tertiary/aromatic N) is 1. The van der Waals surface area contributed by atoms with Crippen molar-refractivity contribution in [1.82, 2.24) is 5.06 Å². The van der Waals surface area contributed by atoms with Gasteiger partial charge in [0.05, 0.1) is 5.88 Å². The first kappa shape index (κ1) is 14.8. The predicted molar refractivity (Wildman–Crippen MR) is 80.2 cm³/mol. The van der Waals surface area contributed by atoms with Crippen LogP contribution in [0.5, 0.6) is 0 Å². The van der Waals surface area contributed by atoms with Crippen molar-refractivity contribution in [1.29, 1.82) is 0 Å². The summed E-state index contributed by atoms with van der Waals surface area (Å²) in [5.74, 6) is 0.476. The Bertz CT molecular complexity index is 393. The van der Waals surface area contributed by atoms with Crippen LogP contribution in [0, 0.1) is 0 Å². The molecule has 0 radical (unpaired) electrons. The summed E-state index contributed by atoms with van der Waals surface area (Å²) in [6.07, 6.45) is 3.56. The fraction of sp³-hybridized carbons (Fsp3) is 0.625. The molecule has 2 atom stereocenters. The molecule has 0 aliphatic carbocycles. The Morgan fingerprint density at radius 3 is 2.63 bits per heavy atom. The standard InChI is InChI=1S/C16H24ClNO/c1-13-8-7-11-16(2,3)18(13)19-15(12-17)14-9-5-4-6-10-14/h4-6,9-10,13,15H,7-8,11-12H2,1-3H3. The minimum absolute atomic E-state index is 0.0670. The monoisotopic (exact) mass is 281 g/mol. The quantitative estimate of drug-likeness (QED) is 0.751. The second kappa shape index (κ2) is 6.25. The molecular weight excluding hydrogens is 258 g/mol. The Morgan fingerprint density at radius 2 is 2.05 bits per heavy atom. The smallest absolute Gasteiger partial charge is 0.118 e. The number of halogens is 1. The molecule has 0 N–H and O–H groups in total. The van der Waals surface area contributed by atoms with Crippen LogP contribution in [0.4, 0.5) is 0 Å². The average molecular weight is 282 g/mol. The highest BCUT2D eigenvalue weighted by atomic mass is 35.5. The van der Waals surface area contributed by atoms with Crippen molar-refractivity contribution >= 4 is 11.6 Å². The topological polar surface area (TPSA) is 12.5 Å². The minimum Gasteiger partial charge on any atom is -0.289 e. The second-order valence-electron chi connectivity index (χ2n) is 6.04. The van der Waals surface area contributed by atoms with E-state index in [4.69, 9.17) is 16.4 Å². The van der Waals surface area contributed by atoms with Gasteiger partial charge in [-0.25, -0.2) is 0 Å². The minimum atomic E-state index is -0.0670. The van der Waals surface area contributed by atoms with Crippen LogP contribution in [0.1, 0.15) is 51.7 Å². The van der Waals surface area contributed by atoms with E-state index in [1.165, 1.54) is 19.3 Å². The van der Waals surface area contributed by atoms with Crippen LogP contribution in [0.15, 0.2) is 30.3 Å². The summed E-state index contributed by atoms with van der Waals surface area (Å²) in [6.45, 7) is 6.73. The van der Waals surface area contributed by atoms with Crippen LogP contribution >= 0.6 is 11.6 Å². The number of rotatable bonds is 4. The highest BCUT2D eigenvalue weighted by Crippen LogP contribution is 2.34. The largest absolute Gasteiger partial charge is 0.289 e. The van der Waals surface area contributed by atoms with Crippen LogP contribution in [0.2, 0.25) is 0 Å². The molecule has 1 aliphatic rings. The maximum atomic E-state index is 6.26. The lowest BCUT2D eigenvalue weighted by Gasteiger charge is -2.46. The highest BCUT2D eigenvalue weighted by Gasteiger charge is 2.36. The number of hydroxylamine groups is 2. The number of piperidine rings is 1. The third-order valence-electron chi connectivity index (χ3n) is 3.96. The molecule has 0 amide bonds. The molecule has 0 aromatic heterocycles. The van der Waals surface area contributed by atoms with E-state index in [-0.39, 0.29) is 11.6 Å². The van der Waals surface area contributed by atoms with Gasteiger partial charge in [-0.1, -0.05) is 30.3 Å². The van der Waals surface area contributed by atoms with E-state index in [0.29, 0.717) is 11.9 Å². The Labute approximate surface area is 121 Å². The van der Waals surface area contributed by atoms with Crippen LogP contribution in [0.25, 0.3) is 0 Å². The van der Waals surface area contributed by atoms with E-state index in [1.54, 1.807) is 0 Å². The third kappa shape index (κ3) is 3.50. The summed E-state index contributed by atoms with van der Waals surface area (Å²) >= 11 is 6.11. The SMILES string of the molecule is CC1CCCC(C)(C)N1OC(CCl)c1ccccc1. The molecule has 1 aliphatic heterocycles. The van der Waals surface area contributed by atoms with Crippen molar-refractivity contribution in [3.63, 3.8) is 0 Å². The highest BCUT2D eigenvalue weighted by molar-refractivity contribution is 6.18. The van der Waals surface area contributed by atoms with Gasteiger partial charge < -0.3 is 0 Å². The molecule has 1 saturated heterocycles. The van der Waals surface area contributed by atoms with Crippen LogP contribution < -0.4 is 0 Å². The molecule has 19 heavy (non-hydrogen) atoms. The molecule has 106 valence electrons. The van der Waals surface area contributed by atoms with Crippen molar-refractivity contribution in [2.75, 3.05) is 5.88 Å². The molecule has 1 aromatic rings. The summed E-state index contributed by atoms with van der Waals surface area (Å²) in [5.41, 5.74) is 1.22. The number of hydrogen-bond acceptors (Lipinski definition) is 2. The van der Waals surface area contributed by atoms with Crippen molar-refractivity contribution in [2.45, 2.75) is 57.7 Å². The van der Waals surface area contributed by atoms with Crippen molar-refractivity contribution < 1.29 is 4.84 Å². The zero-order chi connectivity index (χ0) is 13.9. The van der Waals surface area contributed by atoms with E-state index in [2.05, 4.69) is 38.0 Å². The zero-order valence-electron chi connectivity index (χ0n) is 12.1. The molecule has 1 heterocycles. The van der Waals surface area contributed by atoms with E-state index in [9.17, 15) is 0 Å². The maximum Gasteiger partial charge on any atom is 0.118 e. The molecule has 1 fully saturated rings. The van der Waals surface area contributed by atoms with Crippen molar-refractivity contribution in [3.05, 3.63) is 35.9 Å². The summed E-state index contributed by atoms with van der Waals surface area (Å²) in [7, 11) is 0. The Hall–Kier alpha value is -0.570. The van der Waals surface area contributed by atoms with Gasteiger partial charge in [0.25, 0.3) is 0 Å². The zero-order valence-corrected chi connectivity index (χ0v) is 12.9. The molecule has 0 saturated carbocycles. The van der Waals surface area contributed by atoms with E-state index in [0.717, 1.165) is 5.56 Å². The summed E-state index contributed by atoms with van der Waals surface area (Å²) < 4.78 is 0. The molecule has 3 heteroatoms. The summed E-state index contributed by atoms with van der Waals surface area (Å²) in [5, 5.41) is 2.16. The first-order valence-corrected chi connectivity index (χ1v) is 7.65.